The average molecular weight is 285 g/mol. The van der Waals surface area contributed by atoms with Gasteiger partial charge in [0, 0.05) is 23.3 Å². The normalized spacial score (nSPS) is 28.8. The highest BCUT2D eigenvalue weighted by atomic mass is 16.3. The quantitative estimate of drug-likeness (QED) is 0.842. The molecular weight excluding hydrogens is 266 g/mol. The van der Waals surface area contributed by atoms with Crippen molar-refractivity contribution in [1.82, 2.24) is 0 Å². The van der Waals surface area contributed by atoms with Crippen LogP contribution in [0.1, 0.15) is 26.3 Å². The number of carbonyl (C=O) groups is 2. The number of carbonyl (C=O) groups excluding carboxylic acids is 2. The van der Waals surface area contributed by atoms with Gasteiger partial charge in [0.05, 0.1) is 5.92 Å². The fraction of sp³-hybridized carbons (Fsp3) is 0.412. The van der Waals surface area contributed by atoms with Crippen molar-refractivity contribution in [2.24, 2.45) is 5.92 Å². The zero-order valence-corrected chi connectivity index (χ0v) is 12.5. The molecular formula is C17H19NO3. The number of rotatable bonds is 2. The van der Waals surface area contributed by atoms with Gasteiger partial charge in [-0.05, 0) is 18.6 Å². The minimum absolute atomic E-state index is 0.245. The lowest BCUT2D eigenvalue weighted by molar-refractivity contribution is -0.155. The van der Waals surface area contributed by atoms with Gasteiger partial charge in [-0.25, -0.2) is 0 Å². The number of fused-ring (bicyclic) bond motifs is 1. The topological polar surface area (TPSA) is 57.6 Å². The molecule has 0 saturated heterocycles. The van der Waals surface area contributed by atoms with Crippen molar-refractivity contribution < 1.29 is 14.7 Å². The molecule has 1 aromatic rings. The van der Waals surface area contributed by atoms with E-state index in [1.165, 1.54) is 5.56 Å². The standard InChI is InChI=1S/C17H19NO3/c1-4-18-12-8-6-5-7-11(12)17(2,3)13(18)9-10-14(19)16(21)15(10)20/h5-10,14,19H,4H2,1-3H3. The van der Waals surface area contributed by atoms with Crippen molar-refractivity contribution in [1.29, 1.82) is 0 Å². The Kier molecular flexibility index (Phi) is 3.02. The van der Waals surface area contributed by atoms with E-state index in [4.69, 9.17) is 0 Å². The average Bonchev–Trinajstić information content (AvgIpc) is 2.71. The third kappa shape index (κ3) is 1.79. The largest absolute Gasteiger partial charge is 0.384 e. The van der Waals surface area contributed by atoms with Gasteiger partial charge in [0.15, 0.2) is 0 Å². The van der Waals surface area contributed by atoms with Gasteiger partial charge in [0.25, 0.3) is 0 Å². The summed E-state index contributed by atoms with van der Waals surface area (Å²) < 4.78 is 0. The first kappa shape index (κ1) is 14.0. The van der Waals surface area contributed by atoms with E-state index in [-0.39, 0.29) is 5.41 Å². The molecule has 4 nitrogen and oxygen atoms in total. The van der Waals surface area contributed by atoms with Crippen LogP contribution in [-0.2, 0) is 15.0 Å². The molecule has 4 heteroatoms. The highest BCUT2D eigenvalue weighted by Gasteiger charge is 2.49. The molecule has 0 radical (unpaired) electrons. The smallest absolute Gasteiger partial charge is 0.228 e. The summed E-state index contributed by atoms with van der Waals surface area (Å²) in [5.74, 6) is -1.86. The predicted octanol–water partition coefficient (Wildman–Crippen LogP) is 1.82. The second-order valence-corrected chi connectivity index (χ2v) is 6.14. The summed E-state index contributed by atoms with van der Waals surface area (Å²) in [7, 11) is 0. The summed E-state index contributed by atoms with van der Waals surface area (Å²) >= 11 is 0. The number of aliphatic hydroxyl groups excluding tert-OH is 1. The van der Waals surface area contributed by atoms with Crippen molar-refractivity contribution in [2.45, 2.75) is 32.3 Å². The van der Waals surface area contributed by atoms with Crippen molar-refractivity contribution in [2.75, 3.05) is 11.4 Å². The number of allylic oxidation sites excluding steroid dienone is 1. The summed E-state index contributed by atoms with van der Waals surface area (Å²) in [4.78, 5) is 25.1. The van der Waals surface area contributed by atoms with E-state index in [1.807, 2.05) is 12.1 Å². The lowest BCUT2D eigenvalue weighted by Gasteiger charge is -2.32. The number of anilines is 1. The van der Waals surface area contributed by atoms with Crippen LogP contribution in [0, 0.1) is 5.92 Å². The minimum Gasteiger partial charge on any atom is -0.384 e. The Morgan fingerprint density at radius 3 is 2.52 bits per heavy atom. The van der Waals surface area contributed by atoms with Crippen LogP contribution < -0.4 is 4.90 Å². The van der Waals surface area contributed by atoms with Crippen molar-refractivity contribution in [3.8, 4) is 0 Å². The first-order valence-electron chi connectivity index (χ1n) is 7.25. The summed E-state index contributed by atoms with van der Waals surface area (Å²) in [5, 5.41) is 9.72. The van der Waals surface area contributed by atoms with E-state index >= 15 is 0 Å². The second-order valence-electron chi connectivity index (χ2n) is 6.14. The highest BCUT2D eigenvalue weighted by molar-refractivity contribution is 6.47. The van der Waals surface area contributed by atoms with Crippen LogP contribution in [0.15, 0.2) is 36.0 Å². The third-order valence-corrected chi connectivity index (χ3v) is 4.61. The molecule has 0 aromatic heterocycles. The second kappa shape index (κ2) is 4.53. The van der Waals surface area contributed by atoms with Crippen LogP contribution in [0.4, 0.5) is 5.69 Å². The molecule has 110 valence electrons. The Morgan fingerprint density at radius 1 is 1.24 bits per heavy atom. The molecule has 1 fully saturated rings. The van der Waals surface area contributed by atoms with Crippen molar-refractivity contribution in [3.63, 3.8) is 0 Å². The number of ketones is 2. The van der Waals surface area contributed by atoms with Crippen molar-refractivity contribution in [3.05, 3.63) is 41.6 Å². The third-order valence-electron chi connectivity index (χ3n) is 4.61. The molecule has 0 spiro atoms. The summed E-state index contributed by atoms with van der Waals surface area (Å²) in [6.07, 6.45) is 0.598. The Balaban J connectivity index is 2.07. The van der Waals surface area contributed by atoms with E-state index in [2.05, 4.69) is 37.8 Å². The molecule has 0 bridgehead atoms. The summed E-state index contributed by atoms with van der Waals surface area (Å²) in [6, 6.07) is 8.15. The van der Waals surface area contributed by atoms with Gasteiger partial charge >= 0.3 is 0 Å². The first-order valence-corrected chi connectivity index (χ1v) is 7.25. The molecule has 3 rings (SSSR count). The Labute approximate surface area is 124 Å². The summed E-state index contributed by atoms with van der Waals surface area (Å²) in [6.45, 7) is 7.03. The highest BCUT2D eigenvalue weighted by Crippen LogP contribution is 2.48. The van der Waals surface area contributed by atoms with E-state index in [0.717, 1.165) is 17.9 Å². The predicted molar refractivity (Wildman–Crippen MR) is 80.1 cm³/mol. The van der Waals surface area contributed by atoms with E-state index in [9.17, 15) is 14.7 Å². The maximum absolute atomic E-state index is 11.7. The van der Waals surface area contributed by atoms with Gasteiger partial charge < -0.3 is 10.0 Å². The maximum Gasteiger partial charge on any atom is 0.228 e. The van der Waals surface area contributed by atoms with Crippen LogP contribution >= 0.6 is 0 Å². The van der Waals surface area contributed by atoms with Gasteiger partial charge in [-0.2, -0.15) is 0 Å². The zero-order valence-electron chi connectivity index (χ0n) is 12.5. The molecule has 1 saturated carbocycles. The van der Waals surface area contributed by atoms with Gasteiger partial charge in [-0.15, -0.1) is 0 Å². The lowest BCUT2D eigenvalue weighted by atomic mass is 9.75. The molecule has 1 aliphatic heterocycles. The minimum atomic E-state index is -1.18. The van der Waals surface area contributed by atoms with Crippen LogP contribution in [0.2, 0.25) is 0 Å². The molecule has 2 aliphatic rings. The Morgan fingerprint density at radius 2 is 1.90 bits per heavy atom. The number of Topliss-reactive ketones (excluding diaryl/α,β-unsaturated/α-hetero) is 2. The van der Waals surface area contributed by atoms with Crippen LogP contribution in [-0.4, -0.2) is 29.3 Å². The van der Waals surface area contributed by atoms with Gasteiger partial charge in [-0.1, -0.05) is 38.1 Å². The van der Waals surface area contributed by atoms with Gasteiger partial charge in [-0.3, -0.25) is 9.59 Å². The molecule has 21 heavy (non-hydrogen) atoms. The number of hydrogen-bond acceptors (Lipinski definition) is 4. The van der Waals surface area contributed by atoms with E-state index in [0.29, 0.717) is 0 Å². The van der Waals surface area contributed by atoms with E-state index in [1.54, 1.807) is 6.08 Å². The van der Waals surface area contributed by atoms with Crippen molar-refractivity contribution >= 4 is 17.3 Å². The molecule has 1 aliphatic carbocycles. The molecule has 2 atom stereocenters. The number of likely N-dealkylation sites (N-methyl/N-ethyl adjacent to an activating group) is 1. The molecule has 1 aromatic carbocycles. The summed E-state index contributed by atoms with van der Waals surface area (Å²) in [5.41, 5.74) is 3.07. The Hall–Kier alpha value is -1.94. The zero-order chi connectivity index (χ0) is 15.4. The van der Waals surface area contributed by atoms with E-state index < -0.39 is 23.6 Å². The molecule has 1 N–H and O–H groups in total. The van der Waals surface area contributed by atoms with Crippen LogP contribution in [0.5, 0.6) is 0 Å². The number of para-hydroxylation sites is 1. The lowest BCUT2D eigenvalue weighted by Crippen LogP contribution is -2.52. The molecule has 2 unspecified atom stereocenters. The SMILES string of the molecule is CCN1C(=CC2C(=O)C(=O)C2O)C(C)(C)c2ccccc21. The van der Waals surface area contributed by atoms with Gasteiger partial charge in [0.1, 0.15) is 6.10 Å². The Bertz CT molecular complexity index is 660. The number of nitrogens with zero attached hydrogens (tertiary/aromatic N) is 1. The fourth-order valence-electron chi connectivity index (χ4n) is 3.34. The molecule has 1 heterocycles. The number of hydrogen-bond donors (Lipinski definition) is 1. The number of aliphatic hydroxyl groups is 1. The monoisotopic (exact) mass is 285 g/mol. The maximum atomic E-state index is 11.7. The van der Waals surface area contributed by atoms with Crippen LogP contribution in [0.25, 0.3) is 0 Å². The van der Waals surface area contributed by atoms with Crippen LogP contribution in [0.3, 0.4) is 0 Å². The fourth-order valence-corrected chi connectivity index (χ4v) is 3.34. The van der Waals surface area contributed by atoms with Gasteiger partial charge in [0.2, 0.25) is 11.6 Å². The first-order chi connectivity index (χ1) is 9.89. The molecule has 0 amide bonds. The number of benzene rings is 1.